The Kier molecular flexibility index (Phi) is 4.69. The number of benzene rings is 1. The average molecular weight is 312 g/mol. The van der Waals surface area contributed by atoms with Crippen LogP contribution in [0.25, 0.3) is 0 Å². The molecular weight excluding hydrogens is 298 g/mol. The first-order valence-electron chi connectivity index (χ1n) is 5.71. The molecule has 1 aromatic rings. The highest BCUT2D eigenvalue weighted by Gasteiger charge is 2.35. The molecule has 1 amide bonds. The van der Waals surface area contributed by atoms with Gasteiger partial charge in [0.05, 0.1) is 11.1 Å². The Morgan fingerprint density at radius 3 is 2.30 bits per heavy atom. The van der Waals surface area contributed by atoms with E-state index in [4.69, 9.17) is 11.6 Å². The summed E-state index contributed by atoms with van der Waals surface area (Å²) in [4.78, 5) is 13.3. The summed E-state index contributed by atoms with van der Waals surface area (Å²) in [5.74, 6) is -1.95. The molecule has 1 rings (SSSR count). The van der Waals surface area contributed by atoms with Crippen LogP contribution in [0.1, 0.15) is 29.8 Å². The van der Waals surface area contributed by atoms with Gasteiger partial charge in [-0.15, -0.1) is 11.6 Å². The summed E-state index contributed by atoms with van der Waals surface area (Å²) in [6, 6.07) is 2.17. The average Bonchev–Trinajstić information content (AvgIpc) is 2.36. The first kappa shape index (κ1) is 16.8. The monoisotopic (exact) mass is 311 g/mol. The second-order valence-corrected chi connectivity index (χ2v) is 5.27. The van der Waals surface area contributed by atoms with E-state index in [2.05, 4.69) is 0 Å². The van der Waals surface area contributed by atoms with Gasteiger partial charge in [-0.2, -0.15) is 13.2 Å². The van der Waals surface area contributed by atoms with Crippen molar-refractivity contribution < 1.29 is 22.4 Å². The quantitative estimate of drug-likeness (QED) is 0.612. The molecule has 0 saturated carbocycles. The number of alkyl halides is 4. The lowest BCUT2D eigenvalue weighted by Gasteiger charge is -2.34. The molecule has 7 heteroatoms. The molecule has 0 spiro atoms. The second kappa shape index (κ2) is 5.60. The lowest BCUT2D eigenvalue weighted by molar-refractivity contribution is -0.140. The van der Waals surface area contributed by atoms with Crippen molar-refractivity contribution in [1.29, 1.82) is 0 Å². The van der Waals surface area contributed by atoms with Gasteiger partial charge < -0.3 is 4.90 Å². The maximum atomic E-state index is 13.2. The molecule has 1 aromatic carbocycles. The Morgan fingerprint density at radius 2 is 1.85 bits per heavy atom. The second-order valence-electron chi connectivity index (χ2n) is 5.00. The Labute approximate surface area is 119 Å². The fourth-order valence-electron chi connectivity index (χ4n) is 1.43. The zero-order valence-corrected chi connectivity index (χ0v) is 11.9. The van der Waals surface area contributed by atoms with Crippen LogP contribution < -0.4 is 0 Å². The van der Waals surface area contributed by atoms with Gasteiger partial charge in [-0.25, -0.2) is 4.39 Å². The fourth-order valence-corrected chi connectivity index (χ4v) is 1.61. The summed E-state index contributed by atoms with van der Waals surface area (Å²) >= 11 is 5.71. The van der Waals surface area contributed by atoms with Crippen LogP contribution in [0.15, 0.2) is 18.2 Å². The van der Waals surface area contributed by atoms with E-state index in [9.17, 15) is 22.4 Å². The minimum absolute atomic E-state index is 0.114. The molecule has 0 aliphatic carbocycles. The topological polar surface area (TPSA) is 20.3 Å². The largest absolute Gasteiger partial charge is 0.419 e. The van der Waals surface area contributed by atoms with E-state index in [0.717, 1.165) is 6.07 Å². The first-order chi connectivity index (χ1) is 9.00. The highest BCUT2D eigenvalue weighted by atomic mass is 35.5. The standard InChI is InChI=1S/C13H14ClF4NO/c1-12(2,7-14)19(3)11(20)8-4-5-10(15)9(6-8)13(16,17)18/h4-6H,7H2,1-3H3. The van der Waals surface area contributed by atoms with Gasteiger partial charge in [-0.05, 0) is 32.0 Å². The Hall–Kier alpha value is -1.30. The lowest BCUT2D eigenvalue weighted by Crippen LogP contribution is -2.46. The zero-order chi connectivity index (χ0) is 15.7. The van der Waals surface area contributed by atoms with Gasteiger partial charge in [0.15, 0.2) is 0 Å². The molecule has 0 atom stereocenters. The molecule has 0 fully saturated rings. The summed E-state index contributed by atoms with van der Waals surface area (Å²) in [6.45, 7) is 3.35. The molecule has 0 unspecified atom stereocenters. The highest BCUT2D eigenvalue weighted by Crippen LogP contribution is 2.32. The van der Waals surface area contributed by atoms with Gasteiger partial charge in [0.25, 0.3) is 5.91 Å². The molecule has 0 aliphatic rings. The van der Waals surface area contributed by atoms with Gasteiger partial charge >= 0.3 is 6.18 Å². The number of nitrogens with zero attached hydrogens (tertiary/aromatic N) is 1. The number of carbonyl (C=O) groups is 1. The SMILES string of the molecule is CN(C(=O)c1ccc(F)c(C(F)(F)F)c1)C(C)(C)CCl. The van der Waals surface area contributed by atoms with Gasteiger partial charge in [0.1, 0.15) is 5.82 Å². The van der Waals surface area contributed by atoms with Crippen LogP contribution in [0.4, 0.5) is 17.6 Å². The van der Waals surface area contributed by atoms with Crippen molar-refractivity contribution in [3.63, 3.8) is 0 Å². The molecule has 0 aliphatic heterocycles. The van der Waals surface area contributed by atoms with E-state index < -0.39 is 29.0 Å². The maximum Gasteiger partial charge on any atom is 0.419 e. The predicted octanol–water partition coefficient (Wildman–Crippen LogP) is 3.93. The van der Waals surface area contributed by atoms with Crippen LogP contribution in [0.5, 0.6) is 0 Å². The number of halogens is 5. The van der Waals surface area contributed by atoms with Crippen molar-refractivity contribution in [2.45, 2.75) is 25.6 Å². The molecular formula is C13H14ClF4NO. The van der Waals surface area contributed by atoms with Crippen molar-refractivity contribution in [3.8, 4) is 0 Å². The van der Waals surface area contributed by atoms with Crippen molar-refractivity contribution >= 4 is 17.5 Å². The molecule has 0 saturated heterocycles. The van der Waals surface area contributed by atoms with E-state index in [1.54, 1.807) is 13.8 Å². The van der Waals surface area contributed by atoms with Gasteiger partial charge in [-0.1, -0.05) is 0 Å². The molecule has 112 valence electrons. The third-order valence-corrected chi connectivity index (χ3v) is 3.71. The fraction of sp³-hybridized carbons (Fsp3) is 0.462. The first-order valence-corrected chi connectivity index (χ1v) is 6.25. The highest BCUT2D eigenvalue weighted by molar-refractivity contribution is 6.18. The number of carbonyl (C=O) groups excluding carboxylic acids is 1. The molecule has 2 nitrogen and oxygen atoms in total. The third-order valence-electron chi connectivity index (χ3n) is 3.06. The minimum atomic E-state index is -4.85. The molecule has 0 heterocycles. The Balaban J connectivity index is 3.19. The van der Waals surface area contributed by atoms with Crippen LogP contribution in [-0.4, -0.2) is 29.3 Å². The predicted molar refractivity (Wildman–Crippen MR) is 68.3 cm³/mol. The molecule has 0 N–H and O–H groups in total. The van der Waals surface area contributed by atoms with Crippen LogP contribution in [-0.2, 0) is 6.18 Å². The maximum absolute atomic E-state index is 13.2. The Bertz CT molecular complexity index is 514. The smallest absolute Gasteiger partial charge is 0.335 e. The van der Waals surface area contributed by atoms with Crippen LogP contribution in [0, 0.1) is 5.82 Å². The van der Waals surface area contributed by atoms with E-state index in [1.165, 1.54) is 11.9 Å². The third kappa shape index (κ3) is 3.42. The molecule has 0 radical (unpaired) electrons. The van der Waals surface area contributed by atoms with Crippen LogP contribution in [0.2, 0.25) is 0 Å². The summed E-state index contributed by atoms with van der Waals surface area (Å²) < 4.78 is 51.0. The number of hydrogen-bond acceptors (Lipinski definition) is 1. The molecule has 0 aromatic heterocycles. The number of hydrogen-bond donors (Lipinski definition) is 0. The van der Waals surface area contributed by atoms with Crippen molar-refractivity contribution in [1.82, 2.24) is 4.90 Å². The van der Waals surface area contributed by atoms with Crippen molar-refractivity contribution in [2.24, 2.45) is 0 Å². The lowest BCUT2D eigenvalue weighted by atomic mass is 10.0. The minimum Gasteiger partial charge on any atom is -0.335 e. The van der Waals surface area contributed by atoms with E-state index in [0.29, 0.717) is 12.1 Å². The van der Waals surface area contributed by atoms with Crippen molar-refractivity contribution in [3.05, 3.63) is 35.1 Å². The molecule has 20 heavy (non-hydrogen) atoms. The van der Waals surface area contributed by atoms with Gasteiger partial charge in [0.2, 0.25) is 0 Å². The van der Waals surface area contributed by atoms with E-state index >= 15 is 0 Å². The van der Waals surface area contributed by atoms with E-state index in [1.807, 2.05) is 0 Å². The zero-order valence-electron chi connectivity index (χ0n) is 11.2. The normalized spacial score (nSPS) is 12.4. The van der Waals surface area contributed by atoms with Crippen LogP contribution >= 0.6 is 11.6 Å². The van der Waals surface area contributed by atoms with Crippen LogP contribution in [0.3, 0.4) is 0 Å². The number of rotatable bonds is 3. The van der Waals surface area contributed by atoms with Gasteiger partial charge in [0, 0.05) is 18.5 Å². The summed E-state index contributed by atoms with van der Waals surface area (Å²) in [7, 11) is 1.43. The van der Waals surface area contributed by atoms with Crippen molar-refractivity contribution in [2.75, 3.05) is 12.9 Å². The molecule has 0 bridgehead atoms. The van der Waals surface area contributed by atoms with E-state index in [-0.39, 0.29) is 11.4 Å². The number of amides is 1. The summed E-state index contributed by atoms with van der Waals surface area (Å²) in [6.07, 6.45) is -4.85. The summed E-state index contributed by atoms with van der Waals surface area (Å²) in [5, 5.41) is 0. The Morgan fingerprint density at radius 1 is 1.30 bits per heavy atom. The summed E-state index contributed by atoms with van der Waals surface area (Å²) in [5.41, 5.74) is -2.43. The van der Waals surface area contributed by atoms with Gasteiger partial charge in [-0.3, -0.25) is 4.79 Å².